The molecule has 3 N–H and O–H groups in total. The lowest BCUT2D eigenvalue weighted by atomic mass is 10.0. The molecule has 0 aromatic carbocycles. The van der Waals surface area contributed by atoms with Crippen LogP contribution in [-0.4, -0.2) is 96.7 Å². The van der Waals surface area contributed by atoms with Gasteiger partial charge in [0.25, 0.3) is 0 Å². The minimum Gasteiger partial charge on any atom is -0.462 e. The van der Waals surface area contributed by atoms with Crippen molar-refractivity contribution in [1.29, 1.82) is 0 Å². The van der Waals surface area contributed by atoms with Crippen LogP contribution in [0.3, 0.4) is 0 Å². The van der Waals surface area contributed by atoms with Crippen LogP contribution in [-0.2, 0) is 65.4 Å². The summed E-state index contributed by atoms with van der Waals surface area (Å²) < 4.78 is 68.7. The lowest BCUT2D eigenvalue weighted by molar-refractivity contribution is -0.161. The van der Waals surface area contributed by atoms with Crippen molar-refractivity contribution in [2.45, 2.75) is 432 Å². The molecule has 0 aliphatic rings. The van der Waals surface area contributed by atoms with E-state index < -0.39 is 97.5 Å². The molecule has 0 fully saturated rings. The molecule has 0 amide bonds. The molecule has 0 radical (unpaired) electrons. The molecule has 2 unspecified atom stereocenters. The number of carbonyl (C=O) groups excluding carboxylic acids is 4. The Morgan fingerprint density at radius 1 is 0.276 bits per heavy atom. The number of ether oxygens (including phenoxy) is 4. The van der Waals surface area contributed by atoms with Gasteiger partial charge in [0.15, 0.2) is 12.2 Å². The van der Waals surface area contributed by atoms with E-state index in [2.05, 4.69) is 41.5 Å². The molecule has 0 aliphatic heterocycles. The number of phosphoric acid groups is 2. The Bertz CT molecular complexity index is 1890. The van der Waals surface area contributed by atoms with Crippen molar-refractivity contribution in [3.63, 3.8) is 0 Å². The first kappa shape index (κ1) is 96.1. The highest BCUT2D eigenvalue weighted by Crippen LogP contribution is 2.45. The molecule has 19 heteroatoms. The maximum absolute atomic E-state index is 13.1. The minimum absolute atomic E-state index is 0.108. The van der Waals surface area contributed by atoms with Crippen LogP contribution in [0.15, 0.2) is 0 Å². The molecule has 0 saturated carbocycles. The summed E-state index contributed by atoms with van der Waals surface area (Å²) in [5.41, 5.74) is 0. The topological polar surface area (TPSA) is 237 Å². The maximum atomic E-state index is 13.1. The van der Waals surface area contributed by atoms with E-state index in [1.807, 2.05) is 0 Å². The molecule has 0 aromatic rings. The van der Waals surface area contributed by atoms with Crippen molar-refractivity contribution < 1.29 is 80.2 Å². The number of aliphatic hydroxyl groups excluding tert-OH is 1. The van der Waals surface area contributed by atoms with E-state index in [-0.39, 0.29) is 25.7 Å². The Morgan fingerprint density at radius 2 is 0.469 bits per heavy atom. The summed E-state index contributed by atoms with van der Waals surface area (Å²) in [6, 6.07) is 0. The fraction of sp³-hybridized carbons (Fsp3) is 0.949. The molecule has 98 heavy (non-hydrogen) atoms. The number of rotatable bonds is 78. The number of unbranched alkanes of at least 4 members (excludes halogenated alkanes) is 48. The number of hydrogen-bond acceptors (Lipinski definition) is 15. The Morgan fingerprint density at radius 3 is 0.694 bits per heavy atom. The van der Waals surface area contributed by atoms with Gasteiger partial charge in [0.1, 0.15) is 19.3 Å². The van der Waals surface area contributed by atoms with Crippen LogP contribution < -0.4 is 0 Å². The zero-order valence-corrected chi connectivity index (χ0v) is 65.9. The van der Waals surface area contributed by atoms with Crippen LogP contribution in [0.2, 0.25) is 0 Å². The van der Waals surface area contributed by atoms with Crippen molar-refractivity contribution in [3.05, 3.63) is 0 Å². The minimum atomic E-state index is -4.96. The van der Waals surface area contributed by atoms with E-state index in [1.54, 1.807) is 0 Å². The van der Waals surface area contributed by atoms with E-state index in [4.69, 9.17) is 37.0 Å². The zero-order valence-electron chi connectivity index (χ0n) is 64.1. The monoisotopic (exact) mass is 1440 g/mol. The van der Waals surface area contributed by atoms with Gasteiger partial charge in [0.2, 0.25) is 0 Å². The van der Waals surface area contributed by atoms with Crippen molar-refractivity contribution in [2.75, 3.05) is 39.6 Å². The predicted molar refractivity (Wildman–Crippen MR) is 400 cm³/mol. The van der Waals surface area contributed by atoms with Gasteiger partial charge in [-0.2, -0.15) is 0 Å². The number of phosphoric ester groups is 2. The van der Waals surface area contributed by atoms with E-state index in [9.17, 15) is 43.2 Å². The second-order valence-electron chi connectivity index (χ2n) is 29.4. The molecule has 0 heterocycles. The standard InChI is InChI=1S/C79H154O17P2/c1-7-9-11-13-15-17-19-21-23-24-26-28-34-38-46-52-58-64-78(83)95-74(67-89-76(81)61-55-49-43-36-32-30-29-31-35-41-47-53-59-71(3)4)69-93-97(85,86)91-65-73(80)66-92-98(87,88)94-70-75(68-90-77(82)62-56-50-44-40-39-42-48-54-60-72(5)6)96-79(84)63-57-51-45-37-33-27-25-22-20-18-16-14-12-10-8-2/h71-75,80H,7-70H2,1-6H3,(H,85,86)(H,87,88)/t73-,74-,75-/m1/s1. The Labute approximate surface area is 600 Å². The Hall–Kier alpha value is -1.94. The summed E-state index contributed by atoms with van der Waals surface area (Å²) >= 11 is 0. The van der Waals surface area contributed by atoms with Crippen molar-refractivity contribution in [1.82, 2.24) is 0 Å². The van der Waals surface area contributed by atoms with E-state index in [1.165, 1.54) is 231 Å². The predicted octanol–water partition coefficient (Wildman–Crippen LogP) is 23.5. The van der Waals surface area contributed by atoms with Crippen molar-refractivity contribution in [3.8, 4) is 0 Å². The summed E-state index contributed by atoms with van der Waals surface area (Å²) in [6.45, 7) is 9.61. The number of hydrogen-bond donors (Lipinski definition) is 3. The van der Waals surface area contributed by atoms with Gasteiger partial charge in [-0.15, -0.1) is 0 Å². The molecule has 5 atom stereocenters. The molecule has 0 spiro atoms. The van der Waals surface area contributed by atoms with E-state index in [0.29, 0.717) is 25.7 Å². The molecule has 0 rings (SSSR count). The van der Waals surface area contributed by atoms with Crippen LogP contribution in [0.25, 0.3) is 0 Å². The SMILES string of the molecule is CCCCCCCCCCCCCCCCCCCC(=O)O[C@H](COC(=O)CCCCCCCCCCCCCCC(C)C)COP(=O)(O)OC[C@@H](O)COP(=O)(O)OC[C@@H](COC(=O)CCCCCCCCCCC(C)C)OC(=O)CCCCCCCCCCCCCCCCC. The first-order valence-corrected chi connectivity index (χ1v) is 44.0. The van der Waals surface area contributed by atoms with Gasteiger partial charge < -0.3 is 33.8 Å². The van der Waals surface area contributed by atoms with Crippen molar-refractivity contribution in [2.24, 2.45) is 11.8 Å². The summed E-state index contributed by atoms with van der Waals surface area (Å²) in [4.78, 5) is 73.0. The quantitative estimate of drug-likeness (QED) is 0.0222. The third-order valence-electron chi connectivity index (χ3n) is 18.5. The van der Waals surface area contributed by atoms with E-state index >= 15 is 0 Å². The molecular formula is C79H154O17P2. The zero-order chi connectivity index (χ0) is 72.1. The highest BCUT2D eigenvalue weighted by molar-refractivity contribution is 7.47. The first-order valence-electron chi connectivity index (χ1n) is 41.0. The molecule has 0 bridgehead atoms. The third kappa shape index (κ3) is 72.4. The van der Waals surface area contributed by atoms with Gasteiger partial charge in [-0.1, -0.05) is 363 Å². The van der Waals surface area contributed by atoms with Gasteiger partial charge in [-0.25, -0.2) is 9.13 Å². The summed E-state index contributed by atoms with van der Waals surface area (Å²) in [5.74, 6) is -0.601. The molecule has 0 aromatic heterocycles. The number of aliphatic hydroxyl groups is 1. The van der Waals surface area contributed by atoms with Gasteiger partial charge in [-0.3, -0.25) is 37.3 Å². The lowest BCUT2D eigenvalue weighted by Gasteiger charge is -2.21. The molecule has 17 nitrogen and oxygen atoms in total. The smallest absolute Gasteiger partial charge is 0.462 e. The van der Waals surface area contributed by atoms with Crippen LogP contribution in [0.4, 0.5) is 0 Å². The largest absolute Gasteiger partial charge is 0.472 e. The number of esters is 4. The number of carbonyl (C=O) groups is 4. The highest BCUT2D eigenvalue weighted by Gasteiger charge is 2.30. The fourth-order valence-electron chi connectivity index (χ4n) is 12.2. The fourth-order valence-corrected chi connectivity index (χ4v) is 13.8. The second-order valence-corrected chi connectivity index (χ2v) is 32.3. The van der Waals surface area contributed by atoms with E-state index in [0.717, 1.165) is 102 Å². The van der Waals surface area contributed by atoms with Gasteiger partial charge >= 0.3 is 39.5 Å². The molecule has 582 valence electrons. The molecule has 0 saturated heterocycles. The summed E-state index contributed by atoms with van der Waals surface area (Å²) in [7, 11) is -9.92. The first-order chi connectivity index (χ1) is 47.4. The average molecular weight is 1440 g/mol. The van der Waals surface area contributed by atoms with Crippen LogP contribution in [0.1, 0.15) is 414 Å². The second kappa shape index (κ2) is 70.7. The lowest BCUT2D eigenvalue weighted by Crippen LogP contribution is -2.30. The molecule has 0 aliphatic carbocycles. The van der Waals surface area contributed by atoms with Gasteiger partial charge in [0, 0.05) is 25.7 Å². The van der Waals surface area contributed by atoms with Gasteiger partial charge in [-0.05, 0) is 37.5 Å². The average Bonchev–Trinajstić information content (AvgIpc) is 1.03. The van der Waals surface area contributed by atoms with Crippen LogP contribution in [0.5, 0.6) is 0 Å². The Kier molecular flexibility index (Phi) is 69.3. The summed E-state index contributed by atoms with van der Waals surface area (Å²) in [6.07, 6.45) is 59.6. The van der Waals surface area contributed by atoms with Crippen LogP contribution in [0, 0.1) is 11.8 Å². The highest BCUT2D eigenvalue weighted by atomic mass is 31.2. The maximum Gasteiger partial charge on any atom is 0.472 e. The van der Waals surface area contributed by atoms with Crippen LogP contribution >= 0.6 is 15.6 Å². The Balaban J connectivity index is 5.26. The van der Waals surface area contributed by atoms with Gasteiger partial charge in [0.05, 0.1) is 26.4 Å². The normalized spacial score (nSPS) is 13.9. The third-order valence-corrected chi connectivity index (χ3v) is 20.4. The molecular weight excluding hydrogens is 1280 g/mol. The summed E-state index contributed by atoms with van der Waals surface area (Å²) in [5, 5.41) is 10.6. The van der Waals surface area contributed by atoms with Crippen molar-refractivity contribution >= 4 is 39.5 Å².